The molecule has 0 radical (unpaired) electrons. The number of benzene rings is 2. The van der Waals surface area contributed by atoms with Crippen LogP contribution in [0, 0.1) is 0 Å². The molecule has 2 aromatic carbocycles. The third kappa shape index (κ3) is 1.13. The monoisotopic (exact) mass is 278 g/mol. The fourth-order valence-electron chi connectivity index (χ4n) is 4.65. The summed E-state index contributed by atoms with van der Waals surface area (Å²) in [5.41, 5.74) is 10.3. The van der Waals surface area contributed by atoms with Crippen molar-refractivity contribution in [2.24, 2.45) is 0 Å². The van der Waals surface area contributed by atoms with Crippen molar-refractivity contribution in [2.75, 3.05) is 0 Å². The van der Waals surface area contributed by atoms with Crippen LogP contribution in [0.15, 0.2) is 77.4 Å². The van der Waals surface area contributed by atoms with Gasteiger partial charge in [-0.2, -0.15) is 0 Å². The Morgan fingerprint density at radius 2 is 1.91 bits per heavy atom. The van der Waals surface area contributed by atoms with Gasteiger partial charge in [-0.3, -0.25) is 0 Å². The molecule has 0 nitrogen and oxygen atoms in total. The van der Waals surface area contributed by atoms with E-state index in [1.807, 2.05) is 0 Å². The van der Waals surface area contributed by atoms with Gasteiger partial charge in [0.1, 0.15) is 0 Å². The highest BCUT2D eigenvalue weighted by Gasteiger charge is 2.36. The average Bonchev–Trinajstić information content (AvgIpc) is 2.59. The van der Waals surface area contributed by atoms with E-state index < -0.39 is 0 Å². The summed E-state index contributed by atoms with van der Waals surface area (Å²) in [5, 5.41) is 2.86. The Hall–Kier alpha value is -2.60. The molecule has 0 saturated heterocycles. The van der Waals surface area contributed by atoms with E-state index in [4.69, 9.17) is 0 Å². The Balaban J connectivity index is 1.89. The second-order valence-electron chi connectivity index (χ2n) is 6.53. The van der Waals surface area contributed by atoms with Crippen molar-refractivity contribution in [1.82, 2.24) is 0 Å². The summed E-state index contributed by atoms with van der Waals surface area (Å²) in [4.78, 5) is 0. The summed E-state index contributed by atoms with van der Waals surface area (Å²) in [6, 6.07) is 11.3. The van der Waals surface area contributed by atoms with Gasteiger partial charge in [0.2, 0.25) is 0 Å². The largest absolute Gasteiger partial charge is 0.0795 e. The van der Waals surface area contributed by atoms with E-state index in [9.17, 15) is 0 Å². The molecule has 0 aliphatic heterocycles. The fourth-order valence-corrected chi connectivity index (χ4v) is 4.65. The molecule has 4 aliphatic carbocycles. The summed E-state index contributed by atoms with van der Waals surface area (Å²) in [6.45, 7) is 0. The highest BCUT2D eigenvalue weighted by Crippen LogP contribution is 2.55. The molecule has 22 heavy (non-hydrogen) atoms. The first-order valence-electron chi connectivity index (χ1n) is 7.98. The van der Waals surface area contributed by atoms with Crippen LogP contribution in [-0.2, 0) is 0 Å². The lowest BCUT2D eigenvalue weighted by Crippen LogP contribution is -2.20. The first-order valence-corrected chi connectivity index (χ1v) is 7.98. The molecule has 6 rings (SSSR count). The van der Waals surface area contributed by atoms with E-state index in [1.54, 1.807) is 5.57 Å². The van der Waals surface area contributed by atoms with Gasteiger partial charge in [0, 0.05) is 5.92 Å². The van der Waals surface area contributed by atoms with Crippen LogP contribution < -0.4 is 0 Å². The van der Waals surface area contributed by atoms with Gasteiger partial charge in [0.05, 0.1) is 0 Å². The molecular formula is C22H14. The molecular weight excluding hydrogens is 264 g/mol. The Morgan fingerprint density at radius 3 is 2.91 bits per heavy atom. The van der Waals surface area contributed by atoms with Crippen molar-refractivity contribution in [3.05, 3.63) is 94.1 Å². The summed E-state index contributed by atoms with van der Waals surface area (Å²) in [5.74, 6) is 0.443. The molecule has 0 amide bonds. The van der Waals surface area contributed by atoms with Crippen LogP contribution in [0.5, 0.6) is 0 Å². The molecule has 0 heterocycles. The third-order valence-electron chi connectivity index (χ3n) is 5.52. The quantitative estimate of drug-likeness (QED) is 0.593. The summed E-state index contributed by atoms with van der Waals surface area (Å²) in [6.07, 6.45) is 14.9. The Morgan fingerprint density at radius 1 is 0.909 bits per heavy atom. The normalized spacial score (nSPS) is 22.8. The van der Waals surface area contributed by atoms with Gasteiger partial charge in [-0.05, 0) is 56.2 Å². The second kappa shape index (κ2) is 3.59. The zero-order valence-corrected chi connectivity index (χ0v) is 12.1. The van der Waals surface area contributed by atoms with E-state index in [1.165, 1.54) is 44.2 Å². The molecule has 4 aliphatic rings. The minimum Gasteiger partial charge on any atom is -0.0795 e. The van der Waals surface area contributed by atoms with E-state index in [0.717, 1.165) is 6.42 Å². The van der Waals surface area contributed by atoms with Crippen LogP contribution in [0.4, 0.5) is 0 Å². The molecule has 102 valence electrons. The lowest BCUT2D eigenvalue weighted by molar-refractivity contribution is 0.931. The zero-order chi connectivity index (χ0) is 14.3. The maximum atomic E-state index is 2.32. The van der Waals surface area contributed by atoms with Gasteiger partial charge < -0.3 is 0 Å². The predicted molar refractivity (Wildman–Crippen MR) is 92.6 cm³/mol. The molecule has 0 N–H and O–H groups in total. The Bertz CT molecular complexity index is 1040. The topological polar surface area (TPSA) is 0 Å². The standard InChI is InChI=1S/C22H14/c1-3-13-7-9-15-11-12-16-10-8-14-4-2-6-18-17(5-1)19(13)21(15)22(16)20(14)18/h1-5,7-12,22H,6H2. The highest BCUT2D eigenvalue weighted by atomic mass is 14.4. The molecule has 0 spiro atoms. The molecule has 0 bridgehead atoms. The number of rotatable bonds is 0. The number of hydrogen-bond donors (Lipinski definition) is 0. The lowest BCUT2D eigenvalue weighted by atomic mass is 9.65. The summed E-state index contributed by atoms with van der Waals surface area (Å²) < 4.78 is 0. The minimum absolute atomic E-state index is 0.443. The van der Waals surface area contributed by atoms with Crippen molar-refractivity contribution in [1.29, 1.82) is 0 Å². The van der Waals surface area contributed by atoms with Crippen LogP contribution in [0.1, 0.15) is 29.0 Å². The third-order valence-corrected chi connectivity index (χ3v) is 5.52. The van der Waals surface area contributed by atoms with E-state index in [2.05, 4.69) is 66.8 Å². The molecule has 0 fully saturated rings. The maximum absolute atomic E-state index is 2.32. The van der Waals surface area contributed by atoms with Crippen molar-refractivity contribution in [2.45, 2.75) is 12.3 Å². The fraction of sp³-hybridized carbons (Fsp3) is 0.0909. The van der Waals surface area contributed by atoms with Crippen molar-refractivity contribution >= 4 is 22.4 Å². The minimum atomic E-state index is 0.443. The zero-order valence-electron chi connectivity index (χ0n) is 12.1. The van der Waals surface area contributed by atoms with E-state index in [-0.39, 0.29) is 0 Å². The van der Waals surface area contributed by atoms with Gasteiger partial charge in [0.25, 0.3) is 0 Å². The molecule has 0 saturated carbocycles. The Kier molecular flexibility index (Phi) is 1.80. The molecule has 2 aromatic rings. The smallest absolute Gasteiger partial charge is 0.0361 e. The summed E-state index contributed by atoms with van der Waals surface area (Å²) in [7, 11) is 0. The average molecular weight is 278 g/mol. The van der Waals surface area contributed by atoms with Gasteiger partial charge in [0.15, 0.2) is 0 Å². The van der Waals surface area contributed by atoms with Crippen LogP contribution >= 0.6 is 0 Å². The second-order valence-corrected chi connectivity index (χ2v) is 6.53. The highest BCUT2D eigenvalue weighted by molar-refractivity contribution is 6.05. The van der Waals surface area contributed by atoms with Crippen molar-refractivity contribution in [3.8, 4) is 0 Å². The van der Waals surface area contributed by atoms with Crippen LogP contribution in [0.2, 0.25) is 0 Å². The van der Waals surface area contributed by atoms with Crippen molar-refractivity contribution < 1.29 is 0 Å². The number of fused-ring (bicyclic) bond motifs is 1. The first kappa shape index (κ1) is 11.0. The van der Waals surface area contributed by atoms with Crippen LogP contribution in [-0.4, -0.2) is 0 Å². The van der Waals surface area contributed by atoms with Crippen molar-refractivity contribution in [3.63, 3.8) is 0 Å². The van der Waals surface area contributed by atoms with E-state index in [0.29, 0.717) is 5.92 Å². The first-order chi connectivity index (χ1) is 10.9. The maximum Gasteiger partial charge on any atom is 0.0361 e. The van der Waals surface area contributed by atoms with Gasteiger partial charge in [-0.25, -0.2) is 0 Å². The van der Waals surface area contributed by atoms with Gasteiger partial charge in [-0.1, -0.05) is 66.8 Å². The Labute approximate surface area is 129 Å². The molecule has 1 unspecified atom stereocenters. The van der Waals surface area contributed by atoms with Crippen LogP contribution in [0.3, 0.4) is 0 Å². The number of hydrogen-bond acceptors (Lipinski definition) is 0. The van der Waals surface area contributed by atoms with Gasteiger partial charge in [-0.15, -0.1) is 0 Å². The predicted octanol–water partition coefficient (Wildman–Crippen LogP) is 5.54. The number of allylic oxidation sites excluding steroid dienone is 9. The van der Waals surface area contributed by atoms with Crippen LogP contribution in [0.25, 0.3) is 22.4 Å². The summed E-state index contributed by atoms with van der Waals surface area (Å²) >= 11 is 0. The SMILES string of the molecule is C1=CC2=CC=C3C=Cc4ccc5cccc6c5c4C3C2=C6C1. The molecule has 0 aromatic heterocycles. The molecule has 0 heteroatoms. The molecule has 1 atom stereocenters. The van der Waals surface area contributed by atoms with E-state index >= 15 is 0 Å². The van der Waals surface area contributed by atoms with Gasteiger partial charge >= 0.3 is 0 Å². The lowest BCUT2D eigenvalue weighted by Gasteiger charge is -2.38.